The molecule has 0 radical (unpaired) electrons. The van der Waals surface area contributed by atoms with Gasteiger partial charge in [-0.3, -0.25) is 14.6 Å². The number of ether oxygens (including phenoxy) is 1. The molecule has 0 aliphatic carbocycles. The first-order valence-corrected chi connectivity index (χ1v) is 8.90. The standard InChI is InChI=1S/C20H19N3O5/c1-27-15-4-2-3-13(11-15)18(24)22-7-9-23(10-8-22)19(25)14-5-6-16-17(12-14)28-20(26)21-16/h2-6,11-12H,7-10H2,1H3,(H,21,26). The molecule has 0 spiro atoms. The van der Waals surface area contributed by atoms with Crippen LogP contribution in [0.2, 0.25) is 0 Å². The number of carbonyl (C=O) groups excluding carboxylic acids is 2. The predicted octanol–water partition coefficient (Wildman–Crippen LogP) is 1.73. The Bertz CT molecular complexity index is 1090. The van der Waals surface area contributed by atoms with Crippen LogP contribution in [0.15, 0.2) is 51.7 Å². The van der Waals surface area contributed by atoms with Gasteiger partial charge in [-0.15, -0.1) is 0 Å². The van der Waals surface area contributed by atoms with Crippen LogP contribution in [0.25, 0.3) is 11.1 Å². The molecular formula is C20H19N3O5. The number of oxazole rings is 1. The molecule has 1 fully saturated rings. The number of nitrogens with one attached hydrogen (secondary N) is 1. The van der Waals surface area contributed by atoms with Crippen LogP contribution in [-0.4, -0.2) is 59.9 Å². The SMILES string of the molecule is COc1cccc(C(=O)N2CCN(C(=O)c3ccc4[nH]c(=O)oc4c3)CC2)c1. The van der Waals surface area contributed by atoms with Crippen molar-refractivity contribution in [3.05, 3.63) is 64.1 Å². The highest BCUT2D eigenvalue weighted by Gasteiger charge is 2.26. The van der Waals surface area contributed by atoms with E-state index in [-0.39, 0.29) is 11.8 Å². The van der Waals surface area contributed by atoms with E-state index in [4.69, 9.17) is 9.15 Å². The normalized spacial score (nSPS) is 14.3. The summed E-state index contributed by atoms with van der Waals surface area (Å²) in [6.45, 7) is 1.76. The zero-order chi connectivity index (χ0) is 19.7. The van der Waals surface area contributed by atoms with Gasteiger partial charge in [-0.05, 0) is 36.4 Å². The van der Waals surface area contributed by atoms with Crippen LogP contribution in [0, 0.1) is 0 Å². The number of carbonyl (C=O) groups is 2. The molecule has 2 heterocycles. The molecular weight excluding hydrogens is 362 g/mol. The highest BCUT2D eigenvalue weighted by atomic mass is 16.5. The number of aromatic amines is 1. The molecule has 28 heavy (non-hydrogen) atoms. The van der Waals surface area contributed by atoms with Crippen molar-refractivity contribution in [2.24, 2.45) is 0 Å². The molecule has 0 saturated carbocycles. The smallest absolute Gasteiger partial charge is 0.417 e. The van der Waals surface area contributed by atoms with Crippen LogP contribution in [0.1, 0.15) is 20.7 Å². The zero-order valence-corrected chi connectivity index (χ0v) is 15.3. The Morgan fingerprint density at radius 1 is 0.964 bits per heavy atom. The highest BCUT2D eigenvalue weighted by Crippen LogP contribution is 2.18. The largest absolute Gasteiger partial charge is 0.497 e. The van der Waals surface area contributed by atoms with Crippen molar-refractivity contribution in [1.29, 1.82) is 0 Å². The van der Waals surface area contributed by atoms with E-state index in [0.29, 0.717) is 54.2 Å². The van der Waals surface area contributed by atoms with E-state index in [0.717, 1.165) is 0 Å². The van der Waals surface area contributed by atoms with Crippen LogP contribution in [0.3, 0.4) is 0 Å². The van der Waals surface area contributed by atoms with Gasteiger partial charge >= 0.3 is 5.76 Å². The Labute approximate surface area is 160 Å². The Morgan fingerprint density at radius 3 is 2.25 bits per heavy atom. The minimum absolute atomic E-state index is 0.0819. The van der Waals surface area contributed by atoms with Gasteiger partial charge in [0.1, 0.15) is 5.75 Å². The number of hydrogen-bond acceptors (Lipinski definition) is 5. The first-order valence-electron chi connectivity index (χ1n) is 8.90. The number of aromatic nitrogens is 1. The van der Waals surface area contributed by atoms with Crippen molar-refractivity contribution < 1.29 is 18.7 Å². The number of H-pyrrole nitrogens is 1. The van der Waals surface area contributed by atoms with E-state index in [9.17, 15) is 14.4 Å². The number of hydrogen-bond donors (Lipinski definition) is 1. The molecule has 0 bridgehead atoms. The van der Waals surface area contributed by atoms with Gasteiger partial charge in [-0.25, -0.2) is 4.79 Å². The van der Waals surface area contributed by atoms with E-state index in [2.05, 4.69) is 4.98 Å². The van der Waals surface area contributed by atoms with Gasteiger partial charge < -0.3 is 19.0 Å². The Morgan fingerprint density at radius 2 is 1.61 bits per heavy atom. The van der Waals surface area contributed by atoms with Crippen molar-refractivity contribution in [2.45, 2.75) is 0 Å². The molecule has 1 aliphatic heterocycles. The summed E-state index contributed by atoms with van der Waals surface area (Å²) in [6, 6.07) is 11.9. The second kappa shape index (κ2) is 7.22. The Kier molecular flexibility index (Phi) is 4.60. The summed E-state index contributed by atoms with van der Waals surface area (Å²) in [5.74, 6) is -0.156. The Hall–Kier alpha value is -3.55. The van der Waals surface area contributed by atoms with Crippen molar-refractivity contribution >= 4 is 22.9 Å². The summed E-state index contributed by atoms with van der Waals surface area (Å²) < 4.78 is 10.2. The van der Waals surface area contributed by atoms with Crippen LogP contribution < -0.4 is 10.5 Å². The fourth-order valence-electron chi connectivity index (χ4n) is 3.31. The highest BCUT2D eigenvalue weighted by molar-refractivity contribution is 5.98. The number of methoxy groups -OCH3 is 1. The number of piperazine rings is 1. The van der Waals surface area contributed by atoms with Gasteiger partial charge in [0.25, 0.3) is 11.8 Å². The summed E-state index contributed by atoms with van der Waals surface area (Å²) in [5.41, 5.74) is 1.91. The third-order valence-electron chi connectivity index (χ3n) is 4.84. The van der Waals surface area contributed by atoms with E-state index in [1.807, 2.05) is 0 Å². The first-order chi connectivity index (χ1) is 13.5. The Balaban J connectivity index is 1.43. The zero-order valence-electron chi connectivity index (χ0n) is 15.3. The average molecular weight is 381 g/mol. The molecule has 144 valence electrons. The summed E-state index contributed by atoms with van der Waals surface area (Å²) >= 11 is 0. The maximum absolute atomic E-state index is 12.8. The predicted molar refractivity (Wildman–Crippen MR) is 102 cm³/mol. The van der Waals surface area contributed by atoms with Crippen molar-refractivity contribution in [2.75, 3.05) is 33.3 Å². The van der Waals surface area contributed by atoms with Crippen LogP contribution in [0.4, 0.5) is 0 Å². The van der Waals surface area contributed by atoms with Gasteiger partial charge in [0.2, 0.25) is 0 Å². The van der Waals surface area contributed by atoms with Crippen LogP contribution >= 0.6 is 0 Å². The maximum Gasteiger partial charge on any atom is 0.417 e. The third kappa shape index (κ3) is 3.36. The number of nitrogens with zero attached hydrogens (tertiary/aromatic N) is 2. The number of amides is 2. The molecule has 1 aliphatic rings. The molecule has 2 amide bonds. The summed E-state index contributed by atoms with van der Waals surface area (Å²) in [6.07, 6.45) is 0. The van der Waals surface area contributed by atoms with Gasteiger partial charge in [0.15, 0.2) is 5.58 Å². The van der Waals surface area contributed by atoms with Crippen molar-refractivity contribution in [1.82, 2.24) is 14.8 Å². The molecule has 0 atom stereocenters. The second-order valence-corrected chi connectivity index (χ2v) is 6.54. The fraction of sp³-hybridized carbons (Fsp3) is 0.250. The van der Waals surface area contributed by atoms with E-state index in [1.165, 1.54) is 0 Å². The summed E-state index contributed by atoms with van der Waals surface area (Å²) in [5, 5.41) is 0. The molecule has 8 nitrogen and oxygen atoms in total. The molecule has 3 aromatic rings. The monoisotopic (exact) mass is 381 g/mol. The van der Waals surface area contributed by atoms with Gasteiger partial charge in [-0.2, -0.15) is 0 Å². The minimum atomic E-state index is -0.552. The lowest BCUT2D eigenvalue weighted by Crippen LogP contribution is -2.50. The van der Waals surface area contributed by atoms with Crippen molar-refractivity contribution in [3.8, 4) is 5.75 Å². The van der Waals surface area contributed by atoms with Crippen LogP contribution in [0.5, 0.6) is 5.75 Å². The van der Waals surface area contributed by atoms with E-state index >= 15 is 0 Å². The number of fused-ring (bicyclic) bond motifs is 1. The molecule has 1 saturated heterocycles. The lowest BCUT2D eigenvalue weighted by molar-refractivity contribution is 0.0535. The lowest BCUT2D eigenvalue weighted by atomic mass is 10.1. The molecule has 4 rings (SSSR count). The quantitative estimate of drug-likeness (QED) is 0.745. The average Bonchev–Trinajstić information content (AvgIpc) is 3.12. The molecule has 8 heteroatoms. The van der Waals surface area contributed by atoms with E-state index < -0.39 is 5.76 Å². The van der Waals surface area contributed by atoms with Gasteiger partial charge in [0, 0.05) is 37.3 Å². The summed E-state index contributed by atoms with van der Waals surface area (Å²) in [7, 11) is 1.56. The first kappa shape index (κ1) is 17.8. The topological polar surface area (TPSA) is 95.9 Å². The number of rotatable bonds is 3. The van der Waals surface area contributed by atoms with Gasteiger partial charge in [-0.1, -0.05) is 6.07 Å². The molecule has 1 aromatic heterocycles. The summed E-state index contributed by atoms with van der Waals surface area (Å²) in [4.78, 5) is 42.7. The van der Waals surface area contributed by atoms with Crippen LogP contribution in [-0.2, 0) is 0 Å². The maximum atomic E-state index is 12.8. The van der Waals surface area contributed by atoms with Crippen molar-refractivity contribution in [3.63, 3.8) is 0 Å². The number of benzene rings is 2. The molecule has 2 aromatic carbocycles. The molecule has 0 unspecified atom stereocenters. The second-order valence-electron chi connectivity index (χ2n) is 6.54. The lowest BCUT2D eigenvalue weighted by Gasteiger charge is -2.34. The molecule has 1 N–H and O–H groups in total. The minimum Gasteiger partial charge on any atom is -0.497 e. The van der Waals surface area contributed by atoms with E-state index in [1.54, 1.807) is 59.4 Å². The van der Waals surface area contributed by atoms with Gasteiger partial charge in [0.05, 0.1) is 12.6 Å². The third-order valence-corrected chi connectivity index (χ3v) is 4.84. The fourth-order valence-corrected chi connectivity index (χ4v) is 3.31.